The number of fused-ring (bicyclic) bond motifs is 1. The molecule has 11 heteroatoms. The molecule has 3 heterocycles. The quantitative estimate of drug-likeness (QED) is 0.551. The van der Waals surface area contributed by atoms with Gasteiger partial charge < -0.3 is 30.2 Å². The van der Waals surface area contributed by atoms with Gasteiger partial charge in [-0.2, -0.15) is 10.4 Å². The fourth-order valence-electron chi connectivity index (χ4n) is 4.53. The second-order valence-electron chi connectivity index (χ2n) is 8.30. The molecule has 32 heavy (non-hydrogen) atoms. The molecule has 0 spiro atoms. The lowest BCUT2D eigenvalue weighted by molar-refractivity contribution is -0.0722. The number of anilines is 1. The largest absolute Gasteiger partial charge is 0.508 e. The molecule has 2 fully saturated rings. The summed E-state index contributed by atoms with van der Waals surface area (Å²) in [7, 11) is 0. The topological polar surface area (TPSA) is 165 Å². The summed E-state index contributed by atoms with van der Waals surface area (Å²) >= 11 is 0. The van der Waals surface area contributed by atoms with Crippen LogP contribution in [0.3, 0.4) is 0 Å². The van der Waals surface area contributed by atoms with Gasteiger partial charge in [0.2, 0.25) is 5.60 Å². The van der Waals surface area contributed by atoms with E-state index in [1.807, 2.05) is 6.07 Å². The monoisotopic (exact) mass is 445 g/mol. The highest BCUT2D eigenvalue weighted by molar-refractivity contribution is 5.66. The third-order valence-electron chi connectivity index (χ3n) is 6.32. The smallest absolute Gasteiger partial charge is 0.434 e. The molecule has 2 aromatic heterocycles. The fraction of sp³-hybridized carbons (Fsp3) is 0.619. The summed E-state index contributed by atoms with van der Waals surface area (Å²) < 4.78 is 17.3. The fourth-order valence-corrected chi connectivity index (χ4v) is 4.53. The number of nitrogen functional groups attached to an aromatic ring is 1. The van der Waals surface area contributed by atoms with Gasteiger partial charge in [0.05, 0.1) is 12.3 Å². The van der Waals surface area contributed by atoms with Crippen LogP contribution in [-0.2, 0) is 19.8 Å². The maximum absolute atomic E-state index is 12.0. The number of carbonyl (C=O) groups excluding carboxylic acids is 1. The van der Waals surface area contributed by atoms with Crippen LogP contribution >= 0.6 is 0 Å². The molecule has 172 valence electrons. The van der Waals surface area contributed by atoms with Crippen LogP contribution in [-0.4, -0.2) is 62.5 Å². The predicted octanol–water partition coefficient (Wildman–Crippen LogP) is 1.27. The summed E-state index contributed by atoms with van der Waals surface area (Å²) in [5, 5.41) is 35.1. The van der Waals surface area contributed by atoms with Crippen molar-refractivity contribution in [2.24, 2.45) is 5.92 Å². The zero-order valence-electron chi connectivity index (χ0n) is 17.6. The third-order valence-corrected chi connectivity index (χ3v) is 6.32. The van der Waals surface area contributed by atoms with Crippen molar-refractivity contribution in [1.82, 2.24) is 14.6 Å². The van der Waals surface area contributed by atoms with Crippen molar-refractivity contribution in [3.05, 3.63) is 24.2 Å². The van der Waals surface area contributed by atoms with Crippen molar-refractivity contribution in [2.75, 3.05) is 18.9 Å². The van der Waals surface area contributed by atoms with Gasteiger partial charge in [-0.3, -0.25) is 0 Å². The number of carbonyl (C=O) groups is 1. The third kappa shape index (κ3) is 4.09. The van der Waals surface area contributed by atoms with Crippen molar-refractivity contribution >= 4 is 17.5 Å². The Kier molecular flexibility index (Phi) is 6.45. The van der Waals surface area contributed by atoms with E-state index in [0.717, 1.165) is 19.3 Å². The Morgan fingerprint density at radius 1 is 1.31 bits per heavy atom. The van der Waals surface area contributed by atoms with Crippen LogP contribution in [0.25, 0.3) is 5.52 Å². The molecular formula is C21H27N5O6. The van der Waals surface area contributed by atoms with Gasteiger partial charge in [0.15, 0.2) is 5.82 Å². The van der Waals surface area contributed by atoms with Gasteiger partial charge in [-0.15, -0.1) is 0 Å². The number of hydrogen-bond acceptors (Lipinski definition) is 10. The molecule has 1 aliphatic carbocycles. The molecule has 2 aliphatic rings. The van der Waals surface area contributed by atoms with E-state index < -0.39 is 30.1 Å². The number of nitriles is 1. The van der Waals surface area contributed by atoms with Crippen LogP contribution in [0.15, 0.2) is 18.5 Å². The summed E-state index contributed by atoms with van der Waals surface area (Å²) in [6.45, 7) is -0.121. The van der Waals surface area contributed by atoms with Crippen molar-refractivity contribution in [1.29, 1.82) is 5.26 Å². The molecular weight excluding hydrogens is 418 g/mol. The predicted molar refractivity (Wildman–Crippen MR) is 110 cm³/mol. The van der Waals surface area contributed by atoms with Gasteiger partial charge >= 0.3 is 6.16 Å². The van der Waals surface area contributed by atoms with Gasteiger partial charge in [-0.1, -0.05) is 32.1 Å². The van der Waals surface area contributed by atoms with Crippen LogP contribution in [0.1, 0.15) is 44.2 Å². The van der Waals surface area contributed by atoms with Crippen molar-refractivity contribution in [3.8, 4) is 6.07 Å². The van der Waals surface area contributed by atoms with E-state index in [4.69, 9.17) is 19.9 Å². The molecule has 4 atom stereocenters. The lowest BCUT2D eigenvalue weighted by Crippen LogP contribution is -2.41. The van der Waals surface area contributed by atoms with Crippen LogP contribution in [0, 0.1) is 17.2 Å². The van der Waals surface area contributed by atoms with Crippen molar-refractivity contribution < 1.29 is 29.2 Å². The lowest BCUT2D eigenvalue weighted by Gasteiger charge is -2.24. The number of aliphatic hydroxyl groups is 2. The molecule has 1 saturated carbocycles. The van der Waals surface area contributed by atoms with Gasteiger partial charge in [0.1, 0.15) is 42.8 Å². The standard InChI is InChI=1S/C21H27N5O6/c22-11-21(16-7-6-14-19(23)24-12-25-26(14)16)18(28)17(27)15(32-21)10-31-20(29)30-9-8-13-4-2-1-3-5-13/h6-7,12-13,15,17-18,27-28H,1-5,8-10H2,(H2,23,24,25)/t15-,17-,18-,21+/m1/s1. The summed E-state index contributed by atoms with van der Waals surface area (Å²) in [6.07, 6.45) is 2.88. The minimum atomic E-state index is -1.94. The molecule has 0 unspecified atom stereocenters. The molecule has 1 aliphatic heterocycles. The SMILES string of the molecule is N#C[C@@]1(c2ccc3c(N)ncnn23)O[C@H](COC(=O)OCCC2CCCCC2)[C@@H](O)[C@H]1O. The Labute approximate surface area is 184 Å². The Morgan fingerprint density at radius 3 is 2.84 bits per heavy atom. The Hall–Kier alpha value is -2.94. The van der Waals surface area contributed by atoms with Crippen molar-refractivity contribution in [3.63, 3.8) is 0 Å². The Balaban J connectivity index is 1.38. The highest BCUT2D eigenvalue weighted by Gasteiger charge is 2.57. The molecule has 2 aromatic rings. The van der Waals surface area contributed by atoms with Gasteiger partial charge in [-0.25, -0.2) is 14.3 Å². The molecule has 11 nitrogen and oxygen atoms in total. The molecule has 0 amide bonds. The number of ether oxygens (including phenoxy) is 3. The maximum Gasteiger partial charge on any atom is 0.508 e. The Morgan fingerprint density at radius 2 is 2.09 bits per heavy atom. The van der Waals surface area contributed by atoms with Gasteiger partial charge in [-0.05, 0) is 24.5 Å². The van der Waals surface area contributed by atoms with Crippen LogP contribution < -0.4 is 5.73 Å². The van der Waals surface area contributed by atoms with Gasteiger partial charge in [0.25, 0.3) is 0 Å². The average Bonchev–Trinajstić information content (AvgIpc) is 3.35. The maximum atomic E-state index is 12.0. The highest BCUT2D eigenvalue weighted by atomic mass is 16.7. The number of hydrogen-bond donors (Lipinski definition) is 3. The normalized spacial score (nSPS) is 28.5. The number of rotatable bonds is 6. The minimum absolute atomic E-state index is 0.174. The number of aliphatic hydroxyl groups excluding tert-OH is 2. The van der Waals surface area contributed by atoms with Gasteiger partial charge in [0, 0.05) is 0 Å². The molecule has 0 bridgehead atoms. The summed E-state index contributed by atoms with van der Waals surface area (Å²) in [4.78, 5) is 15.8. The van der Waals surface area contributed by atoms with Crippen molar-refractivity contribution in [2.45, 2.75) is 62.4 Å². The molecule has 4 rings (SSSR count). The van der Waals surface area contributed by atoms with E-state index in [2.05, 4.69) is 10.1 Å². The summed E-state index contributed by atoms with van der Waals surface area (Å²) in [5.74, 6) is 0.751. The first-order valence-corrected chi connectivity index (χ1v) is 10.8. The van der Waals surface area contributed by atoms with E-state index >= 15 is 0 Å². The molecule has 1 saturated heterocycles. The number of nitrogens with two attached hydrogens (primary N) is 1. The first kappa shape index (κ1) is 22.3. The first-order chi connectivity index (χ1) is 15.5. The van der Waals surface area contributed by atoms with E-state index in [1.165, 1.54) is 36.2 Å². The number of nitrogens with zero attached hydrogens (tertiary/aromatic N) is 4. The zero-order valence-corrected chi connectivity index (χ0v) is 17.6. The van der Waals surface area contributed by atoms with Crippen LogP contribution in [0.5, 0.6) is 0 Å². The van der Waals surface area contributed by atoms with Crippen LogP contribution in [0.2, 0.25) is 0 Å². The zero-order chi connectivity index (χ0) is 22.7. The van der Waals surface area contributed by atoms with Crippen LogP contribution in [0.4, 0.5) is 10.6 Å². The highest BCUT2D eigenvalue weighted by Crippen LogP contribution is 2.40. The molecule has 0 radical (unpaired) electrons. The Bertz CT molecular complexity index is 1000. The molecule has 4 N–H and O–H groups in total. The first-order valence-electron chi connectivity index (χ1n) is 10.8. The van der Waals surface area contributed by atoms with E-state index in [-0.39, 0.29) is 24.7 Å². The second kappa shape index (κ2) is 9.28. The van der Waals surface area contributed by atoms with E-state index in [9.17, 15) is 20.3 Å². The molecule has 0 aromatic carbocycles. The number of aromatic nitrogens is 3. The second-order valence-corrected chi connectivity index (χ2v) is 8.30. The minimum Gasteiger partial charge on any atom is -0.434 e. The average molecular weight is 445 g/mol. The lowest BCUT2D eigenvalue weighted by atomic mass is 9.87. The summed E-state index contributed by atoms with van der Waals surface area (Å²) in [5.41, 5.74) is 4.49. The summed E-state index contributed by atoms with van der Waals surface area (Å²) in [6, 6.07) is 5.03. The van der Waals surface area contributed by atoms with E-state index in [1.54, 1.807) is 6.07 Å². The van der Waals surface area contributed by atoms with E-state index in [0.29, 0.717) is 11.4 Å².